The maximum Gasteiger partial charge on any atom is 0.137 e. The summed E-state index contributed by atoms with van der Waals surface area (Å²) in [5.74, 6) is 0.809. The molecule has 0 spiro atoms. The number of hydrogen-bond acceptors (Lipinski definition) is 4. The van der Waals surface area contributed by atoms with Gasteiger partial charge in [-0.25, -0.2) is 9.97 Å². The maximum absolute atomic E-state index is 9.01. The molecule has 3 rings (SSSR count). The number of aromatic nitrogens is 2. The first kappa shape index (κ1) is 14.0. The molecule has 4 nitrogen and oxygen atoms in total. The second-order valence-electron chi connectivity index (χ2n) is 5.35. The summed E-state index contributed by atoms with van der Waals surface area (Å²) < 4.78 is 0. The molecule has 1 heterocycles. The van der Waals surface area contributed by atoms with Gasteiger partial charge in [0, 0.05) is 5.39 Å². The predicted octanol–water partition coefficient (Wildman–Crippen LogP) is 3.98. The van der Waals surface area contributed by atoms with Crippen molar-refractivity contribution in [2.75, 3.05) is 5.32 Å². The first-order valence-corrected chi connectivity index (χ1v) is 7.15. The minimum Gasteiger partial charge on any atom is -0.363 e. The van der Waals surface area contributed by atoms with E-state index in [1.807, 2.05) is 30.3 Å². The standard InChI is InChI=1S/C18H16N4/c1-12-6-7-17-16(8-12)18(21-11-20-17)22-13(2)15-5-3-4-14(9-15)10-19/h3-9,11,13H,1-2H3,(H,20,21,22)/t13-/m0/s1. The van der Waals surface area contributed by atoms with E-state index in [0.717, 1.165) is 22.3 Å². The van der Waals surface area contributed by atoms with Crippen molar-refractivity contribution in [3.05, 3.63) is 65.5 Å². The summed E-state index contributed by atoms with van der Waals surface area (Å²) in [5, 5.41) is 13.4. The van der Waals surface area contributed by atoms with Gasteiger partial charge in [-0.1, -0.05) is 23.8 Å². The predicted molar refractivity (Wildman–Crippen MR) is 87.5 cm³/mol. The van der Waals surface area contributed by atoms with Crippen molar-refractivity contribution in [1.82, 2.24) is 9.97 Å². The van der Waals surface area contributed by atoms with Crippen LogP contribution in [0.25, 0.3) is 10.9 Å². The van der Waals surface area contributed by atoms with Gasteiger partial charge >= 0.3 is 0 Å². The number of nitrogens with one attached hydrogen (secondary N) is 1. The first-order chi connectivity index (χ1) is 10.7. The van der Waals surface area contributed by atoms with Crippen LogP contribution in [0, 0.1) is 18.3 Å². The fourth-order valence-electron chi connectivity index (χ4n) is 2.45. The minimum absolute atomic E-state index is 0.0481. The summed E-state index contributed by atoms with van der Waals surface area (Å²) in [4.78, 5) is 8.67. The van der Waals surface area contributed by atoms with Crippen LogP contribution in [0.1, 0.15) is 29.7 Å². The number of nitrogens with zero attached hydrogens (tertiary/aromatic N) is 3. The molecule has 0 aliphatic carbocycles. The third-order valence-electron chi connectivity index (χ3n) is 3.66. The lowest BCUT2D eigenvalue weighted by atomic mass is 10.1. The highest BCUT2D eigenvalue weighted by atomic mass is 15.0. The molecule has 0 saturated carbocycles. The summed E-state index contributed by atoms with van der Waals surface area (Å²) in [5.41, 5.74) is 3.80. The largest absolute Gasteiger partial charge is 0.363 e. The maximum atomic E-state index is 9.01. The smallest absolute Gasteiger partial charge is 0.137 e. The molecule has 0 aliphatic heterocycles. The summed E-state index contributed by atoms with van der Waals surface area (Å²) in [7, 11) is 0. The quantitative estimate of drug-likeness (QED) is 0.791. The van der Waals surface area contributed by atoms with E-state index < -0.39 is 0 Å². The molecule has 108 valence electrons. The van der Waals surface area contributed by atoms with Crippen molar-refractivity contribution in [2.45, 2.75) is 19.9 Å². The number of rotatable bonds is 3. The van der Waals surface area contributed by atoms with Crippen molar-refractivity contribution in [1.29, 1.82) is 5.26 Å². The Labute approximate surface area is 129 Å². The summed E-state index contributed by atoms with van der Waals surface area (Å²) in [6.07, 6.45) is 1.57. The van der Waals surface area contributed by atoms with Crippen molar-refractivity contribution < 1.29 is 0 Å². The molecule has 0 saturated heterocycles. The van der Waals surface area contributed by atoms with Gasteiger partial charge in [-0.2, -0.15) is 5.26 Å². The molecule has 2 aromatic carbocycles. The molecule has 0 amide bonds. The van der Waals surface area contributed by atoms with E-state index in [2.05, 4.69) is 41.3 Å². The van der Waals surface area contributed by atoms with Crippen molar-refractivity contribution in [2.24, 2.45) is 0 Å². The summed E-state index contributed by atoms with van der Waals surface area (Å²) >= 11 is 0. The third kappa shape index (κ3) is 2.75. The Kier molecular flexibility index (Phi) is 3.71. The molecular formula is C18H16N4. The zero-order chi connectivity index (χ0) is 15.5. The van der Waals surface area contributed by atoms with Gasteiger partial charge in [0.15, 0.2) is 0 Å². The molecule has 0 fully saturated rings. The molecule has 4 heteroatoms. The van der Waals surface area contributed by atoms with Crippen LogP contribution >= 0.6 is 0 Å². The van der Waals surface area contributed by atoms with Gasteiger partial charge in [0.25, 0.3) is 0 Å². The van der Waals surface area contributed by atoms with Gasteiger partial charge in [0.05, 0.1) is 23.2 Å². The molecule has 1 N–H and O–H groups in total. The zero-order valence-corrected chi connectivity index (χ0v) is 12.5. The Morgan fingerprint density at radius 2 is 2.00 bits per heavy atom. The van der Waals surface area contributed by atoms with Crippen LogP contribution in [0.5, 0.6) is 0 Å². The van der Waals surface area contributed by atoms with Gasteiger partial charge in [-0.3, -0.25) is 0 Å². The number of fused-ring (bicyclic) bond motifs is 1. The number of anilines is 1. The minimum atomic E-state index is 0.0481. The normalized spacial score (nSPS) is 11.9. The SMILES string of the molecule is Cc1ccc2ncnc(N[C@@H](C)c3cccc(C#N)c3)c2c1. The van der Waals surface area contributed by atoms with E-state index in [4.69, 9.17) is 5.26 Å². The third-order valence-corrected chi connectivity index (χ3v) is 3.66. The monoisotopic (exact) mass is 288 g/mol. The number of hydrogen-bond donors (Lipinski definition) is 1. The molecule has 0 unspecified atom stereocenters. The van der Waals surface area contributed by atoms with Gasteiger partial charge in [-0.15, -0.1) is 0 Å². The first-order valence-electron chi connectivity index (χ1n) is 7.15. The van der Waals surface area contributed by atoms with E-state index in [1.54, 1.807) is 12.4 Å². The van der Waals surface area contributed by atoms with Crippen LogP contribution in [0.2, 0.25) is 0 Å². The molecule has 1 aromatic heterocycles. The van der Waals surface area contributed by atoms with E-state index in [-0.39, 0.29) is 6.04 Å². The Bertz CT molecular complexity index is 864. The molecule has 22 heavy (non-hydrogen) atoms. The molecule has 3 aromatic rings. The van der Waals surface area contributed by atoms with Gasteiger partial charge in [0.1, 0.15) is 12.1 Å². The fourth-order valence-corrected chi connectivity index (χ4v) is 2.45. The molecule has 0 bridgehead atoms. The second-order valence-corrected chi connectivity index (χ2v) is 5.35. The van der Waals surface area contributed by atoms with Gasteiger partial charge in [0.2, 0.25) is 0 Å². The number of benzene rings is 2. The fraction of sp³-hybridized carbons (Fsp3) is 0.167. The number of nitriles is 1. The zero-order valence-electron chi connectivity index (χ0n) is 12.5. The van der Waals surface area contributed by atoms with Crippen LogP contribution in [0.4, 0.5) is 5.82 Å². The Balaban J connectivity index is 1.95. The van der Waals surface area contributed by atoms with Gasteiger partial charge in [-0.05, 0) is 43.7 Å². The van der Waals surface area contributed by atoms with Crippen LogP contribution in [0.15, 0.2) is 48.8 Å². The molecule has 1 atom stereocenters. The lowest BCUT2D eigenvalue weighted by Crippen LogP contribution is -2.08. The van der Waals surface area contributed by atoms with Gasteiger partial charge < -0.3 is 5.32 Å². The van der Waals surface area contributed by atoms with Crippen molar-refractivity contribution >= 4 is 16.7 Å². The number of aryl methyl sites for hydroxylation is 1. The lowest BCUT2D eigenvalue weighted by Gasteiger charge is -2.16. The Hall–Kier alpha value is -2.93. The summed E-state index contributed by atoms with van der Waals surface area (Å²) in [6, 6.07) is 15.9. The highest BCUT2D eigenvalue weighted by Crippen LogP contribution is 2.25. The highest BCUT2D eigenvalue weighted by molar-refractivity contribution is 5.89. The lowest BCUT2D eigenvalue weighted by molar-refractivity contribution is 0.875. The van der Waals surface area contributed by atoms with E-state index in [1.165, 1.54) is 5.56 Å². The van der Waals surface area contributed by atoms with E-state index in [9.17, 15) is 0 Å². The Morgan fingerprint density at radius 1 is 1.14 bits per heavy atom. The van der Waals surface area contributed by atoms with Crippen molar-refractivity contribution in [3.8, 4) is 6.07 Å². The van der Waals surface area contributed by atoms with E-state index in [0.29, 0.717) is 5.56 Å². The topological polar surface area (TPSA) is 61.6 Å². The average molecular weight is 288 g/mol. The molecular weight excluding hydrogens is 272 g/mol. The molecule has 0 radical (unpaired) electrons. The second kappa shape index (κ2) is 5.82. The summed E-state index contributed by atoms with van der Waals surface area (Å²) in [6.45, 7) is 4.11. The van der Waals surface area contributed by atoms with Crippen LogP contribution in [-0.2, 0) is 0 Å². The van der Waals surface area contributed by atoms with E-state index >= 15 is 0 Å². The Morgan fingerprint density at radius 3 is 2.82 bits per heavy atom. The van der Waals surface area contributed by atoms with Crippen LogP contribution in [-0.4, -0.2) is 9.97 Å². The van der Waals surface area contributed by atoms with Crippen LogP contribution in [0.3, 0.4) is 0 Å². The van der Waals surface area contributed by atoms with Crippen LogP contribution < -0.4 is 5.32 Å². The van der Waals surface area contributed by atoms with Crippen molar-refractivity contribution in [3.63, 3.8) is 0 Å². The highest BCUT2D eigenvalue weighted by Gasteiger charge is 2.10. The molecule has 0 aliphatic rings. The average Bonchev–Trinajstić information content (AvgIpc) is 2.55.